The van der Waals surface area contributed by atoms with Crippen molar-refractivity contribution in [1.82, 2.24) is 5.43 Å². The van der Waals surface area contributed by atoms with Crippen molar-refractivity contribution in [2.45, 2.75) is 6.61 Å². The topological polar surface area (TPSA) is 69.2 Å². The third kappa shape index (κ3) is 6.13. The molecule has 0 radical (unpaired) electrons. The summed E-state index contributed by atoms with van der Waals surface area (Å²) in [6, 6.07) is 17.5. The SMILES string of the molecule is COc1ccc(C(=O)NN=Cc2cccc(OCc3ccc(Cl)cc3Cl)c2)c(OC)c1. The van der Waals surface area contributed by atoms with Gasteiger partial charge >= 0.3 is 0 Å². The van der Waals surface area contributed by atoms with E-state index in [1.54, 1.807) is 43.5 Å². The van der Waals surface area contributed by atoms with Gasteiger partial charge in [0.05, 0.1) is 26.0 Å². The molecule has 0 spiro atoms. The van der Waals surface area contributed by atoms with Crippen LogP contribution in [0.25, 0.3) is 0 Å². The van der Waals surface area contributed by atoms with E-state index < -0.39 is 5.91 Å². The monoisotopic (exact) mass is 458 g/mol. The van der Waals surface area contributed by atoms with Crippen LogP contribution in [0.4, 0.5) is 0 Å². The molecule has 0 aliphatic heterocycles. The second-order valence-corrected chi connectivity index (χ2v) is 7.21. The van der Waals surface area contributed by atoms with Gasteiger partial charge in [-0.3, -0.25) is 4.79 Å². The molecule has 0 heterocycles. The normalized spacial score (nSPS) is 10.7. The third-order valence-corrected chi connectivity index (χ3v) is 4.89. The Morgan fingerprint density at radius 1 is 1.00 bits per heavy atom. The number of hydrogen-bond donors (Lipinski definition) is 1. The summed E-state index contributed by atoms with van der Waals surface area (Å²) < 4.78 is 16.2. The van der Waals surface area contributed by atoms with Crippen molar-refractivity contribution in [3.05, 3.63) is 87.4 Å². The van der Waals surface area contributed by atoms with Crippen LogP contribution in [-0.2, 0) is 6.61 Å². The lowest BCUT2D eigenvalue weighted by molar-refractivity contribution is 0.0952. The predicted molar refractivity (Wildman–Crippen MR) is 122 cm³/mol. The molecule has 8 heteroatoms. The van der Waals surface area contributed by atoms with Crippen LogP contribution in [0.2, 0.25) is 10.0 Å². The molecule has 0 bridgehead atoms. The second-order valence-electron chi connectivity index (χ2n) is 6.36. The Kier molecular flexibility index (Phi) is 7.76. The first-order valence-corrected chi connectivity index (χ1v) is 9.98. The van der Waals surface area contributed by atoms with Gasteiger partial charge in [-0.1, -0.05) is 41.4 Å². The molecule has 0 atom stereocenters. The maximum absolute atomic E-state index is 12.4. The number of nitrogens with one attached hydrogen (secondary N) is 1. The molecule has 0 saturated heterocycles. The molecule has 3 aromatic rings. The summed E-state index contributed by atoms with van der Waals surface area (Å²) in [5.41, 5.74) is 4.41. The Morgan fingerprint density at radius 2 is 1.84 bits per heavy atom. The molecular weight excluding hydrogens is 439 g/mol. The number of halogens is 2. The molecule has 31 heavy (non-hydrogen) atoms. The zero-order valence-electron chi connectivity index (χ0n) is 16.9. The van der Waals surface area contributed by atoms with Gasteiger partial charge in [0.1, 0.15) is 23.9 Å². The van der Waals surface area contributed by atoms with Gasteiger partial charge in [0.25, 0.3) is 5.91 Å². The van der Waals surface area contributed by atoms with Gasteiger partial charge in [-0.2, -0.15) is 5.10 Å². The Labute approximate surface area is 190 Å². The highest BCUT2D eigenvalue weighted by Crippen LogP contribution is 2.25. The molecule has 160 valence electrons. The van der Waals surface area contributed by atoms with Gasteiger partial charge in [0.2, 0.25) is 0 Å². The van der Waals surface area contributed by atoms with Gasteiger partial charge in [0, 0.05) is 21.7 Å². The average molecular weight is 459 g/mol. The van der Waals surface area contributed by atoms with Crippen LogP contribution in [0.15, 0.2) is 65.8 Å². The molecule has 0 aliphatic carbocycles. The number of amides is 1. The average Bonchev–Trinajstić information content (AvgIpc) is 2.78. The lowest BCUT2D eigenvalue weighted by Gasteiger charge is -2.09. The van der Waals surface area contributed by atoms with E-state index in [1.165, 1.54) is 13.3 Å². The van der Waals surface area contributed by atoms with Gasteiger partial charge in [-0.15, -0.1) is 0 Å². The minimum atomic E-state index is -0.402. The van der Waals surface area contributed by atoms with Crippen LogP contribution in [0.1, 0.15) is 21.5 Å². The summed E-state index contributed by atoms with van der Waals surface area (Å²) in [4.78, 5) is 12.4. The third-order valence-electron chi connectivity index (χ3n) is 4.30. The minimum Gasteiger partial charge on any atom is -0.497 e. The number of rotatable bonds is 8. The fraction of sp³-hybridized carbons (Fsp3) is 0.130. The Morgan fingerprint density at radius 3 is 2.58 bits per heavy atom. The minimum absolute atomic E-state index is 0.296. The Bertz CT molecular complexity index is 1100. The maximum atomic E-state index is 12.4. The van der Waals surface area contributed by atoms with E-state index in [2.05, 4.69) is 10.5 Å². The highest BCUT2D eigenvalue weighted by atomic mass is 35.5. The largest absolute Gasteiger partial charge is 0.497 e. The van der Waals surface area contributed by atoms with E-state index in [4.69, 9.17) is 37.4 Å². The van der Waals surface area contributed by atoms with Gasteiger partial charge in [0.15, 0.2) is 0 Å². The van der Waals surface area contributed by atoms with Crippen LogP contribution in [0.3, 0.4) is 0 Å². The van der Waals surface area contributed by atoms with Crippen LogP contribution in [0.5, 0.6) is 17.2 Å². The summed E-state index contributed by atoms with van der Waals surface area (Å²) in [6.45, 7) is 0.296. The zero-order valence-corrected chi connectivity index (χ0v) is 18.4. The summed E-state index contributed by atoms with van der Waals surface area (Å²) >= 11 is 12.1. The van der Waals surface area contributed by atoms with Crippen molar-refractivity contribution in [3.8, 4) is 17.2 Å². The molecule has 0 unspecified atom stereocenters. The van der Waals surface area contributed by atoms with Gasteiger partial charge in [-0.05, 0) is 42.0 Å². The molecule has 1 amide bonds. The number of methoxy groups -OCH3 is 2. The van der Waals surface area contributed by atoms with Crippen LogP contribution in [0, 0.1) is 0 Å². The molecule has 0 saturated carbocycles. The number of nitrogens with zero attached hydrogens (tertiary/aromatic N) is 1. The van der Waals surface area contributed by atoms with Crippen LogP contribution >= 0.6 is 23.2 Å². The highest BCUT2D eigenvalue weighted by Gasteiger charge is 2.12. The number of ether oxygens (including phenoxy) is 3. The number of carbonyl (C=O) groups is 1. The first kappa shape index (κ1) is 22.5. The molecule has 6 nitrogen and oxygen atoms in total. The van der Waals surface area contributed by atoms with Gasteiger partial charge < -0.3 is 14.2 Å². The smallest absolute Gasteiger partial charge is 0.275 e. The molecule has 0 aliphatic rings. The molecule has 0 aromatic heterocycles. The quantitative estimate of drug-likeness (QED) is 0.364. The zero-order chi connectivity index (χ0) is 22.2. The molecule has 3 rings (SSSR count). The van der Waals surface area contributed by atoms with Crippen molar-refractivity contribution >= 4 is 35.3 Å². The molecule has 3 aromatic carbocycles. The fourth-order valence-electron chi connectivity index (χ4n) is 2.70. The lowest BCUT2D eigenvalue weighted by Crippen LogP contribution is -2.18. The Hall–Kier alpha value is -3.22. The Balaban J connectivity index is 1.62. The van der Waals surface area contributed by atoms with E-state index in [9.17, 15) is 4.79 Å². The van der Waals surface area contributed by atoms with E-state index >= 15 is 0 Å². The number of benzene rings is 3. The molecular formula is C23H20Cl2N2O4. The number of carbonyl (C=O) groups excluding carboxylic acids is 1. The number of hydrogen-bond acceptors (Lipinski definition) is 5. The van der Waals surface area contributed by atoms with Crippen molar-refractivity contribution in [1.29, 1.82) is 0 Å². The standard InChI is InChI=1S/C23H20Cl2N2O4/c1-29-18-8-9-20(22(12-18)30-2)23(28)27-26-13-15-4-3-5-19(10-15)31-14-16-6-7-17(24)11-21(16)25/h3-13H,14H2,1-2H3,(H,27,28). The first-order valence-electron chi connectivity index (χ1n) is 9.22. The second kappa shape index (κ2) is 10.7. The van der Waals surface area contributed by atoms with E-state index in [-0.39, 0.29) is 0 Å². The van der Waals surface area contributed by atoms with E-state index in [0.717, 1.165) is 11.1 Å². The maximum Gasteiger partial charge on any atom is 0.275 e. The predicted octanol–water partition coefficient (Wildman–Crippen LogP) is 5.35. The van der Waals surface area contributed by atoms with Gasteiger partial charge in [-0.25, -0.2) is 5.43 Å². The molecule has 1 N–H and O–H groups in total. The summed E-state index contributed by atoms with van der Waals surface area (Å²) in [5.74, 6) is 1.22. The molecule has 0 fully saturated rings. The summed E-state index contributed by atoms with van der Waals surface area (Å²) in [6.07, 6.45) is 1.52. The van der Waals surface area contributed by atoms with E-state index in [0.29, 0.717) is 39.5 Å². The fourth-order valence-corrected chi connectivity index (χ4v) is 3.16. The van der Waals surface area contributed by atoms with E-state index in [1.807, 2.05) is 24.3 Å². The first-order chi connectivity index (χ1) is 15.0. The number of hydrazone groups is 1. The van der Waals surface area contributed by atoms with Crippen LogP contribution < -0.4 is 19.6 Å². The van der Waals surface area contributed by atoms with Crippen molar-refractivity contribution in [3.63, 3.8) is 0 Å². The van der Waals surface area contributed by atoms with Crippen molar-refractivity contribution in [2.75, 3.05) is 14.2 Å². The van der Waals surface area contributed by atoms with Crippen LogP contribution in [-0.4, -0.2) is 26.3 Å². The lowest BCUT2D eigenvalue weighted by atomic mass is 10.2. The highest BCUT2D eigenvalue weighted by molar-refractivity contribution is 6.35. The summed E-state index contributed by atoms with van der Waals surface area (Å²) in [5, 5.41) is 5.13. The van der Waals surface area contributed by atoms with Crippen molar-refractivity contribution < 1.29 is 19.0 Å². The summed E-state index contributed by atoms with van der Waals surface area (Å²) in [7, 11) is 3.03. The van der Waals surface area contributed by atoms with Crippen molar-refractivity contribution in [2.24, 2.45) is 5.10 Å².